The molecule has 1 atom stereocenters. The molecule has 0 saturated carbocycles. The maximum Gasteiger partial charge on any atom is 0.431 e. The van der Waals surface area contributed by atoms with Crippen molar-refractivity contribution < 1.29 is 23.9 Å². The first-order valence-electron chi connectivity index (χ1n) is 8.72. The summed E-state index contributed by atoms with van der Waals surface area (Å²) in [5, 5.41) is 0. The molecule has 1 N–H and O–H groups in total. The van der Waals surface area contributed by atoms with E-state index in [4.69, 9.17) is 14.3 Å². The molecule has 144 valence electrons. The molecule has 2 aromatic rings. The van der Waals surface area contributed by atoms with Crippen LogP contribution >= 0.6 is 0 Å². The minimum Gasteiger partial charge on any atom is -0.459 e. The number of hydrogen-bond acceptors (Lipinski definition) is 5. The van der Waals surface area contributed by atoms with E-state index in [-0.39, 0.29) is 13.0 Å². The normalized spacial score (nSPS) is 12.1. The highest BCUT2D eigenvalue weighted by atomic mass is 16.7. The number of hydroxylamine groups is 1. The summed E-state index contributed by atoms with van der Waals surface area (Å²) in [4.78, 5) is 29.6. The first-order valence-corrected chi connectivity index (χ1v) is 8.72. The third-order valence-corrected chi connectivity index (χ3v) is 3.43. The Labute approximate surface area is 159 Å². The lowest BCUT2D eigenvalue weighted by Gasteiger charge is -2.21. The van der Waals surface area contributed by atoms with E-state index in [1.54, 1.807) is 20.8 Å². The summed E-state index contributed by atoms with van der Waals surface area (Å²) in [6.07, 6.45) is -1.51. The molecule has 0 spiro atoms. The predicted octanol–water partition coefficient (Wildman–Crippen LogP) is 3.80. The van der Waals surface area contributed by atoms with Crippen LogP contribution in [0.15, 0.2) is 60.7 Å². The van der Waals surface area contributed by atoms with Crippen molar-refractivity contribution in [2.75, 3.05) is 0 Å². The van der Waals surface area contributed by atoms with Crippen LogP contribution in [0.2, 0.25) is 0 Å². The van der Waals surface area contributed by atoms with Gasteiger partial charge in [0.15, 0.2) is 6.10 Å². The minimum absolute atomic E-state index is 0.126. The topological polar surface area (TPSA) is 73.9 Å². The average molecular weight is 371 g/mol. The van der Waals surface area contributed by atoms with E-state index in [0.717, 1.165) is 11.1 Å². The number of benzene rings is 2. The second-order valence-electron chi connectivity index (χ2n) is 6.99. The number of hydrogen-bond donors (Lipinski definition) is 1. The molecule has 0 bridgehead atoms. The summed E-state index contributed by atoms with van der Waals surface area (Å²) in [5.74, 6) is -0.571. The summed E-state index contributed by atoms with van der Waals surface area (Å²) in [5.41, 5.74) is 3.25. The third kappa shape index (κ3) is 7.92. The maximum atomic E-state index is 12.5. The van der Waals surface area contributed by atoms with Gasteiger partial charge in [-0.1, -0.05) is 60.7 Å². The smallest absolute Gasteiger partial charge is 0.431 e. The second-order valence-corrected chi connectivity index (χ2v) is 6.99. The van der Waals surface area contributed by atoms with Crippen molar-refractivity contribution >= 4 is 12.1 Å². The molecule has 2 rings (SSSR count). The second kappa shape index (κ2) is 9.73. The van der Waals surface area contributed by atoms with Crippen molar-refractivity contribution in [3.8, 4) is 0 Å². The van der Waals surface area contributed by atoms with Crippen LogP contribution in [0.1, 0.15) is 31.9 Å². The van der Waals surface area contributed by atoms with Gasteiger partial charge in [0.1, 0.15) is 12.2 Å². The lowest BCUT2D eigenvalue weighted by atomic mass is 10.1. The Balaban J connectivity index is 1.97. The van der Waals surface area contributed by atoms with Crippen LogP contribution in [0.3, 0.4) is 0 Å². The highest BCUT2D eigenvalue weighted by molar-refractivity contribution is 5.75. The Morgan fingerprint density at radius 1 is 0.926 bits per heavy atom. The van der Waals surface area contributed by atoms with E-state index in [9.17, 15) is 9.59 Å². The number of carbonyl (C=O) groups excluding carboxylic acids is 2. The maximum absolute atomic E-state index is 12.5. The number of amides is 1. The van der Waals surface area contributed by atoms with Gasteiger partial charge in [0, 0.05) is 6.42 Å². The number of esters is 1. The van der Waals surface area contributed by atoms with Gasteiger partial charge in [0.2, 0.25) is 0 Å². The first kappa shape index (κ1) is 20.5. The molecule has 0 aliphatic carbocycles. The molecule has 0 radical (unpaired) electrons. The number of rotatable bonds is 7. The lowest BCUT2D eigenvalue weighted by molar-refractivity contribution is -0.163. The predicted molar refractivity (Wildman–Crippen MR) is 101 cm³/mol. The van der Waals surface area contributed by atoms with Gasteiger partial charge >= 0.3 is 12.1 Å². The molecular formula is C21H25NO5. The van der Waals surface area contributed by atoms with Crippen molar-refractivity contribution in [1.82, 2.24) is 5.48 Å². The van der Waals surface area contributed by atoms with E-state index < -0.39 is 23.8 Å². The van der Waals surface area contributed by atoms with Gasteiger partial charge in [-0.3, -0.25) is 4.84 Å². The quantitative estimate of drug-likeness (QED) is 0.592. The molecule has 0 aliphatic rings. The van der Waals surface area contributed by atoms with E-state index in [2.05, 4.69) is 5.48 Å². The van der Waals surface area contributed by atoms with E-state index in [0.29, 0.717) is 0 Å². The standard InChI is InChI=1S/C21H25NO5/c1-21(2,3)26-20(24)22-27-18(14-16-10-6-4-7-11-16)19(23)25-15-17-12-8-5-9-13-17/h4-13,18H,14-15H2,1-3H3,(H,22,24). The monoisotopic (exact) mass is 371 g/mol. The Bertz CT molecular complexity index is 725. The van der Waals surface area contributed by atoms with Crippen molar-refractivity contribution in [2.45, 2.75) is 45.5 Å². The van der Waals surface area contributed by atoms with E-state index in [1.807, 2.05) is 60.7 Å². The number of nitrogens with one attached hydrogen (secondary N) is 1. The number of ether oxygens (including phenoxy) is 2. The fraction of sp³-hybridized carbons (Fsp3) is 0.333. The Morgan fingerprint density at radius 2 is 1.48 bits per heavy atom. The van der Waals surface area contributed by atoms with Gasteiger partial charge in [-0.25, -0.2) is 9.59 Å². The zero-order valence-corrected chi connectivity index (χ0v) is 15.8. The summed E-state index contributed by atoms with van der Waals surface area (Å²) >= 11 is 0. The third-order valence-electron chi connectivity index (χ3n) is 3.43. The first-order chi connectivity index (χ1) is 12.8. The van der Waals surface area contributed by atoms with Gasteiger partial charge in [0.05, 0.1) is 0 Å². The van der Waals surface area contributed by atoms with Crippen LogP contribution in [0.5, 0.6) is 0 Å². The SMILES string of the molecule is CC(C)(C)OC(=O)NOC(Cc1ccccc1)C(=O)OCc1ccccc1. The van der Waals surface area contributed by atoms with Crippen LogP contribution < -0.4 is 5.48 Å². The molecule has 0 aliphatic heterocycles. The summed E-state index contributed by atoms with van der Waals surface area (Å²) < 4.78 is 10.5. The Hall–Kier alpha value is -2.86. The average Bonchev–Trinajstić information content (AvgIpc) is 2.63. The van der Waals surface area contributed by atoms with Gasteiger partial charge in [0.25, 0.3) is 0 Å². The summed E-state index contributed by atoms with van der Waals surface area (Å²) in [7, 11) is 0. The van der Waals surface area contributed by atoms with Crippen LogP contribution in [0.4, 0.5) is 4.79 Å². The molecule has 0 aromatic heterocycles. The highest BCUT2D eigenvalue weighted by Crippen LogP contribution is 2.10. The summed E-state index contributed by atoms with van der Waals surface area (Å²) in [6.45, 7) is 5.34. The fourth-order valence-corrected chi connectivity index (χ4v) is 2.24. The largest absolute Gasteiger partial charge is 0.459 e. The van der Waals surface area contributed by atoms with Crippen molar-refractivity contribution in [1.29, 1.82) is 0 Å². The fourth-order valence-electron chi connectivity index (χ4n) is 2.24. The molecular weight excluding hydrogens is 346 g/mol. The molecule has 1 unspecified atom stereocenters. The Kier molecular flexibility index (Phi) is 7.37. The molecule has 0 saturated heterocycles. The molecule has 0 heterocycles. The zero-order valence-electron chi connectivity index (χ0n) is 15.8. The molecule has 1 amide bonds. The van der Waals surface area contributed by atoms with Gasteiger partial charge in [-0.15, -0.1) is 0 Å². The van der Waals surface area contributed by atoms with Gasteiger partial charge in [-0.2, -0.15) is 5.48 Å². The molecule has 0 fully saturated rings. The van der Waals surface area contributed by atoms with Crippen LogP contribution in [0.25, 0.3) is 0 Å². The molecule has 6 nitrogen and oxygen atoms in total. The van der Waals surface area contributed by atoms with Crippen molar-refractivity contribution in [3.63, 3.8) is 0 Å². The van der Waals surface area contributed by atoms with Crippen LogP contribution in [-0.4, -0.2) is 23.8 Å². The molecule has 27 heavy (non-hydrogen) atoms. The van der Waals surface area contributed by atoms with Crippen molar-refractivity contribution in [2.24, 2.45) is 0 Å². The van der Waals surface area contributed by atoms with Crippen LogP contribution in [0, 0.1) is 0 Å². The molecule has 2 aromatic carbocycles. The van der Waals surface area contributed by atoms with Gasteiger partial charge < -0.3 is 9.47 Å². The Morgan fingerprint density at radius 3 is 2.04 bits per heavy atom. The van der Waals surface area contributed by atoms with Crippen LogP contribution in [-0.2, 0) is 32.1 Å². The van der Waals surface area contributed by atoms with Gasteiger partial charge in [-0.05, 0) is 31.9 Å². The number of carbonyl (C=O) groups is 2. The zero-order chi connectivity index (χ0) is 19.7. The van der Waals surface area contributed by atoms with Crippen molar-refractivity contribution in [3.05, 3.63) is 71.8 Å². The molecule has 6 heteroatoms. The minimum atomic E-state index is -0.997. The lowest BCUT2D eigenvalue weighted by Crippen LogP contribution is -2.39. The highest BCUT2D eigenvalue weighted by Gasteiger charge is 2.25. The van der Waals surface area contributed by atoms with E-state index >= 15 is 0 Å². The summed E-state index contributed by atoms with van der Waals surface area (Å²) in [6, 6.07) is 18.7. The van der Waals surface area contributed by atoms with E-state index in [1.165, 1.54) is 0 Å².